The molecule has 2 aromatic rings. The molecule has 1 saturated carbocycles. The summed E-state index contributed by atoms with van der Waals surface area (Å²) in [5.74, 6) is 0.222. The summed E-state index contributed by atoms with van der Waals surface area (Å²) in [5.41, 5.74) is 1.64. The van der Waals surface area contributed by atoms with Crippen molar-refractivity contribution in [2.45, 2.75) is 63.5 Å². The third kappa shape index (κ3) is 4.72. The van der Waals surface area contributed by atoms with Gasteiger partial charge in [0.05, 0.1) is 23.5 Å². The third-order valence-electron chi connectivity index (χ3n) is 7.67. The van der Waals surface area contributed by atoms with E-state index in [0.29, 0.717) is 41.4 Å². The smallest absolute Gasteiger partial charge is 0.257 e. The maximum atomic E-state index is 13.9. The predicted molar refractivity (Wildman–Crippen MR) is 134 cm³/mol. The Hall–Kier alpha value is -2.77. The molecule has 1 aromatic heterocycles. The van der Waals surface area contributed by atoms with E-state index in [1.165, 1.54) is 38.5 Å². The van der Waals surface area contributed by atoms with E-state index in [1.807, 2.05) is 18.2 Å². The summed E-state index contributed by atoms with van der Waals surface area (Å²) < 4.78 is 0. The highest BCUT2D eigenvalue weighted by Gasteiger charge is 2.33. The summed E-state index contributed by atoms with van der Waals surface area (Å²) in [5, 5.41) is 2.92. The fourth-order valence-electron chi connectivity index (χ4n) is 5.81. The van der Waals surface area contributed by atoms with Crippen LogP contribution in [0.5, 0.6) is 0 Å². The minimum Gasteiger partial charge on any atom is -0.319 e. The van der Waals surface area contributed by atoms with Crippen LogP contribution < -0.4 is 10.2 Å². The molecule has 2 fully saturated rings. The molecule has 3 aliphatic rings. The van der Waals surface area contributed by atoms with Crippen LogP contribution >= 0.6 is 0 Å². The Kier molecular flexibility index (Phi) is 6.92. The lowest BCUT2D eigenvalue weighted by molar-refractivity contribution is -0.120. The maximum Gasteiger partial charge on any atom is 0.257 e. The number of hydrogen-bond acceptors (Lipinski definition) is 5. The van der Waals surface area contributed by atoms with Gasteiger partial charge in [-0.1, -0.05) is 37.8 Å². The van der Waals surface area contributed by atoms with E-state index in [1.54, 1.807) is 29.3 Å². The molecule has 1 atom stereocenters. The number of fused-ring (bicyclic) bond motifs is 2. The van der Waals surface area contributed by atoms with Crippen LogP contribution in [0.3, 0.4) is 0 Å². The number of anilines is 3. The van der Waals surface area contributed by atoms with Crippen molar-refractivity contribution >= 4 is 29.0 Å². The molecule has 5 rings (SSSR count). The average Bonchev–Trinajstić information content (AvgIpc) is 2.99. The highest BCUT2D eigenvalue weighted by molar-refractivity contribution is 6.17. The Morgan fingerprint density at radius 1 is 1.06 bits per heavy atom. The van der Waals surface area contributed by atoms with Crippen molar-refractivity contribution < 1.29 is 9.59 Å². The number of para-hydroxylation sites is 1. The molecule has 1 saturated heterocycles. The number of likely N-dealkylation sites (tertiary alicyclic amines) is 1. The van der Waals surface area contributed by atoms with Crippen molar-refractivity contribution in [1.29, 1.82) is 0 Å². The normalized spacial score (nSPS) is 21.5. The maximum absolute atomic E-state index is 13.9. The van der Waals surface area contributed by atoms with E-state index in [9.17, 15) is 9.59 Å². The number of amides is 2. The van der Waals surface area contributed by atoms with Gasteiger partial charge in [0.15, 0.2) is 5.82 Å². The van der Waals surface area contributed by atoms with Crippen LogP contribution in [0.4, 0.5) is 17.2 Å². The van der Waals surface area contributed by atoms with Gasteiger partial charge in [0.2, 0.25) is 5.91 Å². The molecule has 180 valence electrons. The van der Waals surface area contributed by atoms with Gasteiger partial charge in [-0.05, 0) is 63.5 Å². The van der Waals surface area contributed by atoms with E-state index in [4.69, 9.17) is 0 Å². The Balaban J connectivity index is 1.38. The van der Waals surface area contributed by atoms with Crippen LogP contribution in [-0.4, -0.2) is 65.4 Å². The molecule has 0 spiro atoms. The summed E-state index contributed by atoms with van der Waals surface area (Å²) >= 11 is 0. The first-order valence-electron chi connectivity index (χ1n) is 12.7. The Bertz CT molecular complexity index is 1040. The number of likely N-dealkylation sites (N-methyl/N-ethyl adjacent to an activating group) is 1. The molecule has 1 unspecified atom stereocenters. The van der Waals surface area contributed by atoms with Gasteiger partial charge < -0.3 is 10.2 Å². The van der Waals surface area contributed by atoms with Gasteiger partial charge in [-0.15, -0.1) is 0 Å². The van der Waals surface area contributed by atoms with Crippen LogP contribution in [0.2, 0.25) is 0 Å². The van der Waals surface area contributed by atoms with Crippen molar-refractivity contribution in [3.8, 4) is 0 Å². The van der Waals surface area contributed by atoms with Gasteiger partial charge in [-0.25, -0.2) is 4.98 Å². The number of carbonyl (C=O) groups is 2. The van der Waals surface area contributed by atoms with E-state index in [0.717, 1.165) is 25.9 Å². The van der Waals surface area contributed by atoms with Crippen molar-refractivity contribution in [1.82, 2.24) is 14.8 Å². The molecule has 3 heterocycles. The molecule has 34 heavy (non-hydrogen) atoms. The molecular formula is C27H35N5O2. The van der Waals surface area contributed by atoms with Crippen LogP contribution in [-0.2, 0) is 4.79 Å². The first kappa shape index (κ1) is 23.0. The van der Waals surface area contributed by atoms with E-state index >= 15 is 0 Å². The number of rotatable bonds is 5. The summed E-state index contributed by atoms with van der Waals surface area (Å²) in [6, 6.07) is 11.9. The number of aromatic nitrogens is 1. The second-order valence-electron chi connectivity index (χ2n) is 9.93. The fourth-order valence-corrected chi connectivity index (χ4v) is 5.81. The second kappa shape index (κ2) is 10.2. The second-order valence-corrected chi connectivity index (χ2v) is 9.93. The lowest BCUT2D eigenvalue weighted by atomic mass is 9.93. The number of nitrogens with one attached hydrogen (secondary N) is 1. The van der Waals surface area contributed by atoms with Crippen molar-refractivity contribution in [3.05, 3.63) is 48.2 Å². The topological polar surface area (TPSA) is 68.8 Å². The molecule has 0 bridgehead atoms. The van der Waals surface area contributed by atoms with Crippen LogP contribution in [0.15, 0.2) is 42.6 Å². The minimum absolute atomic E-state index is 0.0453. The van der Waals surface area contributed by atoms with E-state index in [2.05, 4.69) is 27.1 Å². The Morgan fingerprint density at radius 2 is 1.85 bits per heavy atom. The SMILES string of the molecule is CN(CC1CCCCN1CC(=O)N1c2ccccc2C(=O)Nc2cccnc21)C1CCCCC1. The van der Waals surface area contributed by atoms with E-state index in [-0.39, 0.29) is 11.8 Å². The van der Waals surface area contributed by atoms with Gasteiger partial charge in [-0.2, -0.15) is 0 Å². The Morgan fingerprint density at radius 3 is 2.71 bits per heavy atom. The first-order valence-corrected chi connectivity index (χ1v) is 12.7. The zero-order valence-corrected chi connectivity index (χ0v) is 20.1. The molecule has 0 radical (unpaired) electrons. The van der Waals surface area contributed by atoms with Crippen LogP contribution in [0, 0.1) is 0 Å². The molecule has 7 heteroatoms. The van der Waals surface area contributed by atoms with Gasteiger partial charge >= 0.3 is 0 Å². The number of carbonyl (C=O) groups excluding carboxylic acids is 2. The lowest BCUT2D eigenvalue weighted by Crippen LogP contribution is -2.51. The highest BCUT2D eigenvalue weighted by Crippen LogP contribution is 2.36. The van der Waals surface area contributed by atoms with Gasteiger partial charge in [0, 0.05) is 24.8 Å². The van der Waals surface area contributed by atoms with Gasteiger partial charge in [0.25, 0.3) is 5.91 Å². The number of benzene rings is 1. The number of piperidine rings is 1. The molecular weight excluding hydrogens is 426 g/mol. The first-order chi connectivity index (χ1) is 16.6. The molecule has 1 N–H and O–H groups in total. The molecule has 2 amide bonds. The minimum atomic E-state index is -0.217. The zero-order valence-electron chi connectivity index (χ0n) is 20.1. The third-order valence-corrected chi connectivity index (χ3v) is 7.67. The number of nitrogens with zero attached hydrogens (tertiary/aromatic N) is 4. The van der Waals surface area contributed by atoms with E-state index < -0.39 is 0 Å². The summed E-state index contributed by atoms with van der Waals surface area (Å²) in [6.45, 7) is 2.25. The van der Waals surface area contributed by atoms with Crippen molar-refractivity contribution in [2.24, 2.45) is 0 Å². The van der Waals surface area contributed by atoms with Crippen molar-refractivity contribution in [2.75, 3.05) is 36.9 Å². The molecule has 7 nitrogen and oxygen atoms in total. The van der Waals surface area contributed by atoms with Crippen molar-refractivity contribution in [3.63, 3.8) is 0 Å². The molecule has 2 aliphatic heterocycles. The van der Waals surface area contributed by atoms with Gasteiger partial charge in [-0.3, -0.25) is 19.4 Å². The monoisotopic (exact) mass is 461 g/mol. The summed E-state index contributed by atoms with van der Waals surface area (Å²) in [4.78, 5) is 37.8. The summed E-state index contributed by atoms with van der Waals surface area (Å²) in [7, 11) is 2.26. The van der Waals surface area contributed by atoms with Crippen LogP contribution in [0.25, 0.3) is 0 Å². The standard InChI is InChI=1S/C27H35N5O2/c1-30(20-10-3-2-4-11-20)18-21-12-7-8-17-31(21)19-25(33)32-24-15-6-5-13-22(24)27(34)29-23-14-9-16-28-26(23)32/h5-6,9,13-16,20-21H,2-4,7-8,10-12,17-19H2,1H3,(H,29,34). The largest absolute Gasteiger partial charge is 0.319 e. The molecule has 1 aromatic carbocycles. The summed E-state index contributed by atoms with van der Waals surface area (Å²) in [6.07, 6.45) is 11.7. The average molecular weight is 462 g/mol. The highest BCUT2D eigenvalue weighted by atomic mass is 16.2. The molecule has 1 aliphatic carbocycles. The number of pyridine rings is 1. The van der Waals surface area contributed by atoms with Crippen LogP contribution in [0.1, 0.15) is 61.7 Å². The quantitative estimate of drug-likeness (QED) is 0.713. The zero-order chi connectivity index (χ0) is 23.5. The predicted octanol–water partition coefficient (Wildman–Crippen LogP) is 4.43. The number of hydrogen-bond donors (Lipinski definition) is 1. The Labute approximate surface area is 202 Å². The lowest BCUT2D eigenvalue weighted by Gasteiger charge is -2.41. The fraction of sp³-hybridized carbons (Fsp3) is 0.519. The van der Waals surface area contributed by atoms with Gasteiger partial charge in [0.1, 0.15) is 0 Å².